The van der Waals surface area contributed by atoms with E-state index in [1.54, 1.807) is 23.6 Å². The number of hydrogen-bond donors (Lipinski definition) is 1. The van der Waals surface area contributed by atoms with Crippen molar-refractivity contribution in [3.8, 4) is 11.3 Å². The second-order valence-corrected chi connectivity index (χ2v) is 6.40. The Morgan fingerprint density at radius 2 is 2.17 bits per heavy atom. The Kier molecular flexibility index (Phi) is 5.23. The molecule has 1 amide bonds. The topological polar surface area (TPSA) is 42.0 Å². The Bertz CT molecular complexity index is 832. The maximum Gasteiger partial charge on any atom is 0.224 e. The average Bonchev–Trinajstić information content (AvgIpc) is 3.11. The van der Waals surface area contributed by atoms with Gasteiger partial charge in [0, 0.05) is 34.3 Å². The lowest BCUT2D eigenvalue weighted by molar-refractivity contribution is -0.120. The smallest absolute Gasteiger partial charge is 0.224 e. The van der Waals surface area contributed by atoms with Gasteiger partial charge in [0.15, 0.2) is 0 Å². The van der Waals surface area contributed by atoms with E-state index in [0.29, 0.717) is 6.54 Å². The zero-order valence-electron chi connectivity index (χ0n) is 12.6. The number of pyridine rings is 1. The highest BCUT2D eigenvalue weighted by Crippen LogP contribution is 2.21. The van der Waals surface area contributed by atoms with Crippen LogP contribution in [0.1, 0.15) is 11.1 Å². The van der Waals surface area contributed by atoms with Crippen molar-refractivity contribution in [3.05, 3.63) is 75.3 Å². The summed E-state index contributed by atoms with van der Waals surface area (Å²) >= 11 is 7.55. The van der Waals surface area contributed by atoms with Crippen LogP contribution in [0.25, 0.3) is 11.3 Å². The number of nitrogens with zero attached hydrogens (tertiary/aromatic N) is 1. The van der Waals surface area contributed by atoms with Crippen molar-refractivity contribution in [2.75, 3.05) is 0 Å². The zero-order chi connectivity index (χ0) is 16.9. The summed E-state index contributed by atoms with van der Waals surface area (Å²) in [6.07, 6.45) is 1.62. The highest BCUT2D eigenvalue weighted by Gasteiger charge is 2.12. The van der Waals surface area contributed by atoms with E-state index in [1.807, 2.05) is 29.0 Å². The van der Waals surface area contributed by atoms with Crippen LogP contribution in [0, 0.1) is 5.82 Å². The van der Waals surface area contributed by atoms with Crippen molar-refractivity contribution in [1.82, 2.24) is 10.3 Å². The molecule has 2 aromatic heterocycles. The Hall–Kier alpha value is -2.24. The molecule has 0 aliphatic carbocycles. The summed E-state index contributed by atoms with van der Waals surface area (Å²) in [5.74, 6) is -0.753. The molecular weight excluding hydrogens is 347 g/mol. The molecule has 0 aliphatic heterocycles. The lowest BCUT2D eigenvalue weighted by Crippen LogP contribution is -2.25. The number of carbonyl (C=O) groups is 1. The van der Waals surface area contributed by atoms with Crippen LogP contribution in [0.3, 0.4) is 0 Å². The van der Waals surface area contributed by atoms with E-state index in [-0.39, 0.29) is 22.9 Å². The van der Waals surface area contributed by atoms with Crippen molar-refractivity contribution in [2.45, 2.75) is 13.0 Å². The van der Waals surface area contributed by atoms with Gasteiger partial charge in [-0.05, 0) is 41.3 Å². The standard InChI is InChI=1S/C18H14ClFN2OS/c19-15-2-1-3-16(20)14(15)9-18(23)22-10-12-4-6-21-17(8-12)13-5-7-24-11-13/h1-8,11H,9-10H2,(H,22,23). The molecule has 6 heteroatoms. The molecule has 24 heavy (non-hydrogen) atoms. The van der Waals surface area contributed by atoms with Crippen molar-refractivity contribution in [3.63, 3.8) is 0 Å². The van der Waals surface area contributed by atoms with E-state index in [9.17, 15) is 9.18 Å². The van der Waals surface area contributed by atoms with E-state index in [2.05, 4.69) is 10.3 Å². The Morgan fingerprint density at radius 3 is 2.92 bits per heavy atom. The highest BCUT2D eigenvalue weighted by atomic mass is 35.5. The Balaban J connectivity index is 1.64. The maximum atomic E-state index is 13.7. The van der Waals surface area contributed by atoms with Crippen LogP contribution in [0.5, 0.6) is 0 Å². The van der Waals surface area contributed by atoms with Gasteiger partial charge in [-0.1, -0.05) is 17.7 Å². The fraction of sp³-hybridized carbons (Fsp3) is 0.111. The predicted molar refractivity (Wildman–Crippen MR) is 94.5 cm³/mol. The molecule has 3 nitrogen and oxygen atoms in total. The first-order chi connectivity index (χ1) is 11.6. The number of carbonyl (C=O) groups excluding carboxylic acids is 1. The molecule has 0 fully saturated rings. The van der Waals surface area contributed by atoms with Gasteiger partial charge in [-0.2, -0.15) is 11.3 Å². The molecule has 0 saturated heterocycles. The molecule has 0 radical (unpaired) electrons. The molecule has 122 valence electrons. The fourth-order valence-electron chi connectivity index (χ4n) is 2.28. The monoisotopic (exact) mass is 360 g/mol. The van der Waals surface area contributed by atoms with Crippen LogP contribution in [0.2, 0.25) is 5.02 Å². The van der Waals surface area contributed by atoms with E-state index in [1.165, 1.54) is 12.1 Å². The average molecular weight is 361 g/mol. The molecule has 0 atom stereocenters. The molecule has 0 spiro atoms. The lowest BCUT2D eigenvalue weighted by atomic mass is 10.1. The summed E-state index contributed by atoms with van der Waals surface area (Å²) < 4.78 is 13.7. The number of nitrogens with one attached hydrogen (secondary N) is 1. The van der Waals surface area contributed by atoms with E-state index in [4.69, 9.17) is 11.6 Å². The van der Waals surface area contributed by atoms with Crippen LogP contribution < -0.4 is 5.32 Å². The molecule has 0 bridgehead atoms. The number of hydrogen-bond acceptors (Lipinski definition) is 3. The van der Waals surface area contributed by atoms with E-state index in [0.717, 1.165) is 16.8 Å². The largest absolute Gasteiger partial charge is 0.352 e. The van der Waals surface area contributed by atoms with E-state index >= 15 is 0 Å². The summed E-state index contributed by atoms with van der Waals surface area (Å²) in [6.45, 7) is 0.352. The second-order valence-electron chi connectivity index (χ2n) is 5.22. The number of rotatable bonds is 5. The Morgan fingerprint density at radius 1 is 1.29 bits per heavy atom. The minimum absolute atomic E-state index is 0.0893. The first-order valence-corrected chi connectivity index (χ1v) is 8.62. The molecule has 1 aromatic carbocycles. The first kappa shape index (κ1) is 16.6. The molecular formula is C18H14ClFN2OS. The maximum absolute atomic E-state index is 13.7. The molecule has 3 aromatic rings. The van der Waals surface area contributed by atoms with Crippen LogP contribution in [-0.4, -0.2) is 10.9 Å². The lowest BCUT2D eigenvalue weighted by Gasteiger charge is -2.08. The van der Waals surface area contributed by atoms with Gasteiger partial charge in [0.1, 0.15) is 5.82 Å². The van der Waals surface area contributed by atoms with Gasteiger partial charge in [-0.25, -0.2) is 4.39 Å². The summed E-state index contributed by atoms with van der Waals surface area (Å²) in [7, 11) is 0. The van der Waals surface area contributed by atoms with E-state index < -0.39 is 5.82 Å². The van der Waals surface area contributed by atoms with Crippen LogP contribution in [0.4, 0.5) is 4.39 Å². The van der Waals surface area contributed by atoms with Gasteiger partial charge < -0.3 is 5.32 Å². The van der Waals surface area contributed by atoms with Gasteiger partial charge in [-0.15, -0.1) is 0 Å². The second kappa shape index (κ2) is 7.55. The fourth-order valence-corrected chi connectivity index (χ4v) is 3.16. The summed E-state index contributed by atoms with van der Waals surface area (Å²) in [5, 5.41) is 7.05. The summed E-state index contributed by atoms with van der Waals surface area (Å²) in [6, 6.07) is 10.1. The van der Waals surface area contributed by atoms with Gasteiger partial charge in [0.2, 0.25) is 5.91 Å². The van der Waals surface area contributed by atoms with Gasteiger partial charge in [0.05, 0.1) is 12.1 Å². The predicted octanol–water partition coefficient (Wildman–Crippen LogP) is 4.46. The van der Waals surface area contributed by atoms with Crippen molar-refractivity contribution in [2.24, 2.45) is 0 Å². The summed E-state index contributed by atoms with van der Waals surface area (Å²) in [4.78, 5) is 16.4. The van der Waals surface area contributed by atoms with Gasteiger partial charge in [-0.3, -0.25) is 9.78 Å². The van der Waals surface area contributed by atoms with Gasteiger partial charge in [0.25, 0.3) is 0 Å². The minimum atomic E-state index is -0.471. The van der Waals surface area contributed by atoms with Crippen molar-refractivity contribution >= 4 is 28.8 Å². The first-order valence-electron chi connectivity index (χ1n) is 7.30. The Labute approximate surface area is 148 Å². The van der Waals surface area contributed by atoms with Crippen LogP contribution in [-0.2, 0) is 17.8 Å². The number of halogens is 2. The third-order valence-electron chi connectivity index (χ3n) is 3.53. The number of benzene rings is 1. The number of aromatic nitrogens is 1. The molecule has 3 rings (SSSR count). The molecule has 1 N–H and O–H groups in total. The number of amides is 1. The molecule has 0 unspecified atom stereocenters. The van der Waals surface area contributed by atoms with Crippen LogP contribution >= 0.6 is 22.9 Å². The number of thiophene rings is 1. The SMILES string of the molecule is O=C(Cc1c(F)cccc1Cl)NCc1ccnc(-c2ccsc2)c1. The summed E-state index contributed by atoms with van der Waals surface area (Å²) in [5.41, 5.74) is 3.05. The van der Waals surface area contributed by atoms with Crippen molar-refractivity contribution < 1.29 is 9.18 Å². The zero-order valence-corrected chi connectivity index (χ0v) is 14.2. The molecule has 0 saturated carbocycles. The molecule has 0 aliphatic rings. The minimum Gasteiger partial charge on any atom is -0.352 e. The normalized spacial score (nSPS) is 10.6. The quantitative estimate of drug-likeness (QED) is 0.729. The highest BCUT2D eigenvalue weighted by molar-refractivity contribution is 7.08. The third-order valence-corrected chi connectivity index (χ3v) is 4.57. The van der Waals surface area contributed by atoms with Crippen molar-refractivity contribution in [1.29, 1.82) is 0 Å². The molecule has 2 heterocycles. The third kappa shape index (κ3) is 3.99. The van der Waals surface area contributed by atoms with Crippen LogP contribution in [0.15, 0.2) is 53.4 Å². The van der Waals surface area contributed by atoms with Gasteiger partial charge >= 0.3 is 0 Å².